The summed E-state index contributed by atoms with van der Waals surface area (Å²) in [5, 5.41) is 21.0. The molecule has 0 bridgehead atoms. The van der Waals surface area contributed by atoms with Gasteiger partial charge in [0.2, 0.25) is 0 Å². The van der Waals surface area contributed by atoms with Crippen LogP contribution in [0.2, 0.25) is 0 Å². The van der Waals surface area contributed by atoms with E-state index in [2.05, 4.69) is 15.5 Å². The molecule has 1 unspecified atom stereocenters. The predicted molar refractivity (Wildman–Crippen MR) is 69.4 cm³/mol. The van der Waals surface area contributed by atoms with Crippen molar-refractivity contribution < 1.29 is 9.90 Å². The Morgan fingerprint density at radius 2 is 2.06 bits per heavy atom. The Bertz CT molecular complexity index is 564. The van der Waals surface area contributed by atoms with E-state index < -0.39 is 12.0 Å². The second kappa shape index (κ2) is 5.00. The van der Waals surface area contributed by atoms with E-state index in [4.69, 9.17) is 0 Å². The number of nitrogens with zero attached hydrogens (tertiary/aromatic N) is 2. The summed E-state index contributed by atoms with van der Waals surface area (Å²) in [7, 11) is 0. The monoisotopic (exact) mass is 245 g/mol. The molecule has 2 aromatic rings. The molecule has 1 atom stereocenters. The van der Waals surface area contributed by atoms with Crippen LogP contribution in [0, 0.1) is 5.92 Å². The number of hydrogen-bond donors (Lipinski definition) is 2. The van der Waals surface area contributed by atoms with Crippen molar-refractivity contribution >= 4 is 22.6 Å². The Morgan fingerprint density at radius 3 is 2.72 bits per heavy atom. The van der Waals surface area contributed by atoms with Gasteiger partial charge in [0.1, 0.15) is 6.04 Å². The first-order valence-corrected chi connectivity index (χ1v) is 5.79. The van der Waals surface area contributed by atoms with E-state index in [1.165, 1.54) is 0 Å². The highest BCUT2D eigenvalue weighted by molar-refractivity contribution is 5.92. The molecule has 2 rings (SSSR count). The van der Waals surface area contributed by atoms with E-state index in [1.807, 2.05) is 38.1 Å². The molecule has 0 amide bonds. The van der Waals surface area contributed by atoms with Gasteiger partial charge in [-0.15, -0.1) is 0 Å². The van der Waals surface area contributed by atoms with Crippen molar-refractivity contribution in [1.82, 2.24) is 10.2 Å². The van der Waals surface area contributed by atoms with E-state index in [1.54, 1.807) is 6.20 Å². The molecule has 5 nitrogen and oxygen atoms in total. The highest BCUT2D eigenvalue weighted by atomic mass is 16.4. The molecule has 0 saturated heterocycles. The first-order valence-electron chi connectivity index (χ1n) is 5.79. The van der Waals surface area contributed by atoms with Crippen LogP contribution in [0.5, 0.6) is 0 Å². The molecule has 18 heavy (non-hydrogen) atoms. The van der Waals surface area contributed by atoms with Gasteiger partial charge in [-0.1, -0.05) is 32.0 Å². The first kappa shape index (κ1) is 12.3. The SMILES string of the molecule is CC(C)C(Nc1cnnc2ccccc12)C(=O)O. The van der Waals surface area contributed by atoms with Gasteiger partial charge in [0.05, 0.1) is 17.4 Å². The van der Waals surface area contributed by atoms with Crippen LogP contribution < -0.4 is 5.32 Å². The molecule has 0 fully saturated rings. The number of nitrogens with one attached hydrogen (secondary N) is 1. The molecule has 0 aliphatic rings. The zero-order valence-corrected chi connectivity index (χ0v) is 10.3. The summed E-state index contributed by atoms with van der Waals surface area (Å²) in [5.74, 6) is -0.889. The molecule has 0 radical (unpaired) electrons. The number of hydrogen-bond acceptors (Lipinski definition) is 4. The highest BCUT2D eigenvalue weighted by Crippen LogP contribution is 2.21. The zero-order valence-electron chi connectivity index (χ0n) is 10.3. The number of aliphatic carboxylic acids is 1. The fraction of sp³-hybridized carbons (Fsp3) is 0.308. The summed E-state index contributed by atoms with van der Waals surface area (Å²) in [6.07, 6.45) is 1.56. The lowest BCUT2D eigenvalue weighted by atomic mass is 10.0. The topological polar surface area (TPSA) is 75.1 Å². The highest BCUT2D eigenvalue weighted by Gasteiger charge is 2.21. The van der Waals surface area contributed by atoms with E-state index in [9.17, 15) is 9.90 Å². The van der Waals surface area contributed by atoms with Crippen molar-refractivity contribution in [3.8, 4) is 0 Å². The minimum atomic E-state index is -0.870. The fourth-order valence-electron chi connectivity index (χ4n) is 1.80. The number of benzene rings is 1. The van der Waals surface area contributed by atoms with Crippen LogP contribution >= 0.6 is 0 Å². The molecular formula is C13H15N3O2. The Hall–Kier alpha value is -2.17. The van der Waals surface area contributed by atoms with Crippen LogP contribution in [0.15, 0.2) is 30.5 Å². The van der Waals surface area contributed by atoms with Gasteiger partial charge in [0.25, 0.3) is 0 Å². The van der Waals surface area contributed by atoms with Gasteiger partial charge < -0.3 is 10.4 Å². The maximum absolute atomic E-state index is 11.2. The van der Waals surface area contributed by atoms with Crippen molar-refractivity contribution in [1.29, 1.82) is 0 Å². The van der Waals surface area contributed by atoms with E-state index in [0.29, 0.717) is 5.69 Å². The maximum atomic E-state index is 11.2. The van der Waals surface area contributed by atoms with E-state index in [-0.39, 0.29) is 5.92 Å². The number of fused-ring (bicyclic) bond motifs is 1. The number of rotatable bonds is 4. The smallest absolute Gasteiger partial charge is 0.326 e. The van der Waals surface area contributed by atoms with Gasteiger partial charge in [-0.3, -0.25) is 0 Å². The zero-order chi connectivity index (χ0) is 13.1. The molecule has 2 N–H and O–H groups in total. The average molecular weight is 245 g/mol. The third-order valence-corrected chi connectivity index (χ3v) is 2.79. The molecule has 5 heteroatoms. The van der Waals surface area contributed by atoms with Crippen LogP contribution in [0.4, 0.5) is 5.69 Å². The van der Waals surface area contributed by atoms with Crippen LogP contribution in [0.25, 0.3) is 10.9 Å². The van der Waals surface area contributed by atoms with Gasteiger partial charge in [-0.2, -0.15) is 10.2 Å². The molecule has 94 valence electrons. The molecule has 1 aromatic carbocycles. The summed E-state index contributed by atoms with van der Waals surface area (Å²) < 4.78 is 0. The summed E-state index contributed by atoms with van der Waals surface area (Å²) >= 11 is 0. The van der Waals surface area contributed by atoms with Crippen molar-refractivity contribution in [3.63, 3.8) is 0 Å². The third kappa shape index (κ3) is 2.40. The molecule has 0 saturated carbocycles. The van der Waals surface area contributed by atoms with Crippen molar-refractivity contribution in [2.24, 2.45) is 5.92 Å². The van der Waals surface area contributed by atoms with Crippen LogP contribution in [0.1, 0.15) is 13.8 Å². The Kier molecular flexibility index (Phi) is 3.41. The van der Waals surface area contributed by atoms with Crippen LogP contribution in [-0.4, -0.2) is 27.3 Å². The standard InChI is InChI=1S/C13H15N3O2/c1-8(2)12(13(17)18)15-11-7-14-16-10-6-4-3-5-9(10)11/h3-8,12H,1-2H3,(H,15,16)(H,17,18). The third-order valence-electron chi connectivity index (χ3n) is 2.79. The van der Waals surface area contributed by atoms with Gasteiger partial charge in [0, 0.05) is 5.39 Å². The lowest BCUT2D eigenvalue weighted by molar-refractivity contribution is -0.138. The fourth-order valence-corrected chi connectivity index (χ4v) is 1.80. The van der Waals surface area contributed by atoms with Gasteiger partial charge in [0.15, 0.2) is 0 Å². The van der Waals surface area contributed by atoms with Crippen LogP contribution in [0.3, 0.4) is 0 Å². The second-order valence-corrected chi connectivity index (χ2v) is 4.48. The first-order chi connectivity index (χ1) is 8.59. The predicted octanol–water partition coefficient (Wildman–Crippen LogP) is 2.15. The minimum absolute atomic E-state index is 0.0190. The minimum Gasteiger partial charge on any atom is -0.480 e. The lowest BCUT2D eigenvalue weighted by Gasteiger charge is -2.19. The summed E-state index contributed by atoms with van der Waals surface area (Å²) in [6.45, 7) is 3.73. The largest absolute Gasteiger partial charge is 0.480 e. The number of carboxylic acids is 1. The quantitative estimate of drug-likeness (QED) is 0.863. The number of aromatic nitrogens is 2. The number of anilines is 1. The van der Waals surface area contributed by atoms with E-state index >= 15 is 0 Å². The van der Waals surface area contributed by atoms with Crippen molar-refractivity contribution in [2.75, 3.05) is 5.32 Å². The second-order valence-electron chi connectivity index (χ2n) is 4.48. The van der Waals surface area contributed by atoms with Crippen LogP contribution in [-0.2, 0) is 4.79 Å². The molecule has 1 heterocycles. The average Bonchev–Trinajstić information content (AvgIpc) is 2.35. The van der Waals surface area contributed by atoms with Crippen molar-refractivity contribution in [3.05, 3.63) is 30.5 Å². The van der Waals surface area contributed by atoms with Gasteiger partial charge >= 0.3 is 5.97 Å². The Balaban J connectivity index is 2.39. The summed E-state index contributed by atoms with van der Waals surface area (Å²) in [6, 6.07) is 6.86. The normalized spacial score (nSPS) is 12.6. The Morgan fingerprint density at radius 1 is 1.33 bits per heavy atom. The lowest BCUT2D eigenvalue weighted by Crippen LogP contribution is -2.34. The number of carboxylic acid groups (broad SMARTS) is 1. The molecule has 0 aliphatic carbocycles. The van der Waals surface area contributed by atoms with Gasteiger partial charge in [-0.05, 0) is 12.0 Å². The summed E-state index contributed by atoms with van der Waals surface area (Å²) in [5.41, 5.74) is 1.44. The summed E-state index contributed by atoms with van der Waals surface area (Å²) in [4.78, 5) is 11.2. The molecule has 0 aliphatic heterocycles. The number of carbonyl (C=O) groups is 1. The molecule has 1 aromatic heterocycles. The van der Waals surface area contributed by atoms with E-state index in [0.717, 1.165) is 10.9 Å². The molecule has 0 spiro atoms. The van der Waals surface area contributed by atoms with Gasteiger partial charge in [-0.25, -0.2) is 4.79 Å². The molecular weight excluding hydrogens is 230 g/mol. The maximum Gasteiger partial charge on any atom is 0.326 e. The Labute approximate surface area is 105 Å². The van der Waals surface area contributed by atoms with Crippen molar-refractivity contribution in [2.45, 2.75) is 19.9 Å².